The van der Waals surface area contributed by atoms with Gasteiger partial charge >= 0.3 is 6.03 Å². The Morgan fingerprint density at radius 3 is 2.35 bits per heavy atom. The van der Waals surface area contributed by atoms with Crippen molar-refractivity contribution in [2.24, 2.45) is 0 Å². The third-order valence-electron chi connectivity index (χ3n) is 2.95. The summed E-state index contributed by atoms with van der Waals surface area (Å²) in [4.78, 5) is 11.7. The highest BCUT2D eigenvalue weighted by Gasteiger charge is 2.01. The highest BCUT2D eigenvalue weighted by molar-refractivity contribution is 5.89. The number of carbonyl (C=O) groups is 1. The summed E-state index contributed by atoms with van der Waals surface area (Å²) in [6.45, 7) is 2.63. The van der Waals surface area contributed by atoms with Crippen molar-refractivity contribution in [2.75, 3.05) is 11.9 Å². The first-order chi connectivity index (χ1) is 9.63. The molecule has 4 nitrogen and oxygen atoms in total. The number of carbonyl (C=O) groups excluding carboxylic acids is 1. The average Bonchev–Trinajstić information content (AvgIpc) is 2.44. The molecule has 2 rings (SSSR count). The van der Waals surface area contributed by atoms with Crippen LogP contribution in [0.3, 0.4) is 0 Å². The van der Waals surface area contributed by atoms with Crippen LogP contribution in [0.4, 0.5) is 10.5 Å². The normalized spacial score (nSPS) is 10.1. The van der Waals surface area contributed by atoms with Crippen LogP contribution in [0.1, 0.15) is 11.1 Å². The molecule has 0 saturated carbocycles. The van der Waals surface area contributed by atoms with Gasteiger partial charge in [0.05, 0.1) is 0 Å². The van der Waals surface area contributed by atoms with Gasteiger partial charge < -0.3 is 15.7 Å². The van der Waals surface area contributed by atoms with Gasteiger partial charge in [-0.1, -0.05) is 29.8 Å². The number of nitrogens with one attached hydrogen (secondary N) is 2. The molecule has 2 aromatic rings. The lowest BCUT2D eigenvalue weighted by Crippen LogP contribution is -2.30. The Morgan fingerprint density at radius 2 is 1.70 bits per heavy atom. The maximum atomic E-state index is 11.7. The lowest BCUT2D eigenvalue weighted by molar-refractivity contribution is 0.252. The van der Waals surface area contributed by atoms with Gasteiger partial charge in [0.1, 0.15) is 5.75 Å². The predicted molar refractivity (Wildman–Crippen MR) is 80.0 cm³/mol. The monoisotopic (exact) mass is 270 g/mol. The number of aromatic hydroxyl groups is 1. The van der Waals surface area contributed by atoms with E-state index in [1.165, 1.54) is 23.3 Å². The Bertz CT molecular complexity index is 562. The highest BCUT2D eigenvalue weighted by Crippen LogP contribution is 2.13. The summed E-state index contributed by atoms with van der Waals surface area (Å²) in [5.74, 6) is 0.176. The van der Waals surface area contributed by atoms with Gasteiger partial charge in [-0.3, -0.25) is 0 Å². The second-order valence-electron chi connectivity index (χ2n) is 4.66. The van der Waals surface area contributed by atoms with E-state index < -0.39 is 0 Å². The molecule has 104 valence electrons. The number of rotatable bonds is 4. The molecule has 0 radical (unpaired) electrons. The van der Waals surface area contributed by atoms with Crippen LogP contribution in [0.15, 0.2) is 48.5 Å². The van der Waals surface area contributed by atoms with Crippen molar-refractivity contribution < 1.29 is 9.90 Å². The van der Waals surface area contributed by atoms with E-state index in [9.17, 15) is 4.79 Å². The quantitative estimate of drug-likeness (QED) is 0.748. The van der Waals surface area contributed by atoms with E-state index in [1.54, 1.807) is 12.1 Å². The summed E-state index contributed by atoms with van der Waals surface area (Å²) >= 11 is 0. The molecular formula is C16H18N2O2. The maximum absolute atomic E-state index is 11.7. The lowest BCUT2D eigenvalue weighted by Gasteiger charge is -2.08. The number of amides is 2. The van der Waals surface area contributed by atoms with Crippen molar-refractivity contribution in [1.29, 1.82) is 0 Å². The maximum Gasteiger partial charge on any atom is 0.319 e. The third-order valence-corrected chi connectivity index (χ3v) is 2.95. The van der Waals surface area contributed by atoms with Crippen molar-refractivity contribution in [3.8, 4) is 5.75 Å². The van der Waals surface area contributed by atoms with Crippen LogP contribution in [-0.2, 0) is 6.42 Å². The van der Waals surface area contributed by atoms with Gasteiger partial charge in [-0.05, 0) is 43.2 Å². The molecule has 2 aromatic carbocycles. The minimum absolute atomic E-state index is 0.176. The van der Waals surface area contributed by atoms with Crippen molar-refractivity contribution in [1.82, 2.24) is 5.32 Å². The standard InChI is InChI=1S/C16H18N2O2/c1-12-2-4-13(5-3-12)10-11-17-16(20)18-14-6-8-15(19)9-7-14/h2-9,19H,10-11H2,1H3,(H2,17,18,20). The second kappa shape index (κ2) is 6.61. The minimum Gasteiger partial charge on any atom is -0.508 e. The molecule has 0 saturated heterocycles. The first kappa shape index (κ1) is 13.9. The molecule has 3 N–H and O–H groups in total. The SMILES string of the molecule is Cc1ccc(CCNC(=O)Nc2ccc(O)cc2)cc1. The molecule has 0 unspecified atom stereocenters. The van der Waals surface area contributed by atoms with Crippen LogP contribution >= 0.6 is 0 Å². The van der Waals surface area contributed by atoms with Gasteiger partial charge in [-0.15, -0.1) is 0 Å². The van der Waals surface area contributed by atoms with Gasteiger partial charge in [0.15, 0.2) is 0 Å². The van der Waals surface area contributed by atoms with Crippen molar-refractivity contribution in [2.45, 2.75) is 13.3 Å². The molecule has 0 atom stereocenters. The predicted octanol–water partition coefficient (Wildman–Crippen LogP) is 3.06. The average molecular weight is 270 g/mol. The number of hydrogen-bond donors (Lipinski definition) is 3. The zero-order chi connectivity index (χ0) is 14.4. The smallest absolute Gasteiger partial charge is 0.319 e. The number of phenolic OH excluding ortho intramolecular Hbond substituents is 1. The summed E-state index contributed by atoms with van der Waals surface area (Å²) in [7, 11) is 0. The molecule has 0 fully saturated rings. The van der Waals surface area contributed by atoms with Crippen LogP contribution in [0.5, 0.6) is 5.75 Å². The third kappa shape index (κ3) is 4.31. The van der Waals surface area contributed by atoms with E-state index in [2.05, 4.69) is 34.9 Å². The number of aryl methyl sites for hydroxylation is 1. The van der Waals surface area contributed by atoms with E-state index in [1.807, 2.05) is 6.92 Å². The number of phenols is 1. The molecule has 0 aromatic heterocycles. The van der Waals surface area contributed by atoms with Crippen LogP contribution in [0.25, 0.3) is 0 Å². The lowest BCUT2D eigenvalue weighted by atomic mass is 10.1. The molecule has 4 heteroatoms. The number of urea groups is 1. The van der Waals surface area contributed by atoms with Gasteiger partial charge in [0, 0.05) is 12.2 Å². The van der Waals surface area contributed by atoms with Crippen LogP contribution in [0, 0.1) is 6.92 Å². The van der Waals surface area contributed by atoms with Crippen molar-refractivity contribution >= 4 is 11.7 Å². The molecule has 20 heavy (non-hydrogen) atoms. The fourth-order valence-electron chi connectivity index (χ4n) is 1.80. The highest BCUT2D eigenvalue weighted by atomic mass is 16.3. The number of hydrogen-bond acceptors (Lipinski definition) is 2. The molecule has 0 heterocycles. The summed E-state index contributed by atoms with van der Waals surface area (Å²) in [6, 6.07) is 14.4. The minimum atomic E-state index is -0.247. The van der Waals surface area contributed by atoms with Crippen molar-refractivity contribution in [3.63, 3.8) is 0 Å². The first-order valence-corrected chi connectivity index (χ1v) is 6.53. The van der Waals surface area contributed by atoms with E-state index in [0.717, 1.165) is 6.42 Å². The van der Waals surface area contributed by atoms with E-state index in [0.29, 0.717) is 12.2 Å². The van der Waals surface area contributed by atoms with Crippen LogP contribution in [-0.4, -0.2) is 17.7 Å². The molecule has 0 bridgehead atoms. The molecule has 0 aliphatic rings. The van der Waals surface area contributed by atoms with Crippen LogP contribution < -0.4 is 10.6 Å². The second-order valence-corrected chi connectivity index (χ2v) is 4.66. The molecule has 0 spiro atoms. The summed E-state index contributed by atoms with van der Waals surface area (Å²) < 4.78 is 0. The largest absolute Gasteiger partial charge is 0.508 e. The summed E-state index contributed by atoms with van der Waals surface area (Å²) in [5.41, 5.74) is 3.07. The van der Waals surface area contributed by atoms with E-state index >= 15 is 0 Å². The summed E-state index contributed by atoms with van der Waals surface area (Å²) in [5, 5.41) is 14.6. The zero-order valence-electron chi connectivity index (χ0n) is 11.4. The number of anilines is 1. The molecule has 2 amide bonds. The Hall–Kier alpha value is -2.49. The van der Waals surface area contributed by atoms with Gasteiger partial charge in [-0.25, -0.2) is 4.79 Å². The Labute approximate surface area is 118 Å². The zero-order valence-corrected chi connectivity index (χ0v) is 11.4. The number of benzene rings is 2. The van der Waals surface area contributed by atoms with Gasteiger partial charge in [0.2, 0.25) is 0 Å². The summed E-state index contributed by atoms with van der Waals surface area (Å²) in [6.07, 6.45) is 0.795. The molecular weight excluding hydrogens is 252 g/mol. The van der Waals surface area contributed by atoms with Gasteiger partial charge in [-0.2, -0.15) is 0 Å². The molecule has 0 aliphatic heterocycles. The Balaban J connectivity index is 1.75. The Morgan fingerprint density at radius 1 is 1.05 bits per heavy atom. The van der Waals surface area contributed by atoms with E-state index in [-0.39, 0.29) is 11.8 Å². The van der Waals surface area contributed by atoms with Crippen molar-refractivity contribution in [3.05, 3.63) is 59.7 Å². The fourth-order valence-corrected chi connectivity index (χ4v) is 1.80. The fraction of sp³-hybridized carbons (Fsp3) is 0.188. The van der Waals surface area contributed by atoms with Gasteiger partial charge in [0.25, 0.3) is 0 Å². The Kier molecular flexibility index (Phi) is 4.60. The molecule has 0 aliphatic carbocycles. The van der Waals surface area contributed by atoms with E-state index in [4.69, 9.17) is 5.11 Å². The van der Waals surface area contributed by atoms with Crippen LogP contribution in [0.2, 0.25) is 0 Å². The first-order valence-electron chi connectivity index (χ1n) is 6.53. The topological polar surface area (TPSA) is 61.4 Å².